The van der Waals surface area contributed by atoms with Crippen molar-refractivity contribution in [2.75, 3.05) is 17.7 Å². The van der Waals surface area contributed by atoms with Gasteiger partial charge in [0.15, 0.2) is 0 Å². The molecule has 1 aliphatic carbocycles. The lowest BCUT2D eigenvalue weighted by Gasteiger charge is -2.28. The molecule has 0 amide bonds. The van der Waals surface area contributed by atoms with Crippen LogP contribution in [0.4, 0.5) is 11.6 Å². The van der Waals surface area contributed by atoms with Gasteiger partial charge in [-0.15, -0.1) is 0 Å². The fraction of sp³-hybridized carbons (Fsp3) is 0.692. The second-order valence-electron chi connectivity index (χ2n) is 4.81. The lowest BCUT2D eigenvalue weighted by Crippen LogP contribution is -2.26. The molecule has 0 atom stereocenters. The summed E-state index contributed by atoms with van der Waals surface area (Å²) in [5.74, 6) is 2.74. The van der Waals surface area contributed by atoms with Gasteiger partial charge in [-0.1, -0.05) is 13.3 Å². The van der Waals surface area contributed by atoms with E-state index in [1.165, 1.54) is 32.1 Å². The summed E-state index contributed by atoms with van der Waals surface area (Å²) in [5.41, 5.74) is 0. The van der Waals surface area contributed by atoms with Gasteiger partial charge in [-0.2, -0.15) is 0 Å². The van der Waals surface area contributed by atoms with Crippen LogP contribution in [0.15, 0.2) is 12.4 Å². The summed E-state index contributed by atoms with van der Waals surface area (Å²) in [6.07, 6.45) is 8.14. The molecule has 2 N–H and O–H groups in total. The average Bonchev–Trinajstić information content (AvgIpc) is 2.40. The first kappa shape index (κ1) is 12.1. The van der Waals surface area contributed by atoms with Gasteiger partial charge in [0, 0.05) is 19.2 Å². The molecule has 1 fully saturated rings. The van der Waals surface area contributed by atoms with E-state index < -0.39 is 0 Å². The molecule has 1 heterocycles. The Morgan fingerprint density at radius 2 is 1.88 bits per heavy atom. The third-order valence-corrected chi connectivity index (χ3v) is 3.70. The summed E-state index contributed by atoms with van der Waals surface area (Å²) in [7, 11) is 1.87. The highest BCUT2D eigenvalue weighted by Gasteiger charge is 2.19. The zero-order valence-electron chi connectivity index (χ0n) is 10.7. The molecule has 1 saturated carbocycles. The fourth-order valence-electron chi connectivity index (χ4n) is 2.50. The number of rotatable bonds is 4. The van der Waals surface area contributed by atoms with Crippen LogP contribution in [0.1, 0.15) is 39.0 Å². The zero-order chi connectivity index (χ0) is 12.1. The van der Waals surface area contributed by atoms with Crippen molar-refractivity contribution in [1.82, 2.24) is 9.97 Å². The maximum Gasteiger partial charge on any atom is 0.131 e. The number of nitrogens with one attached hydrogen (secondary N) is 2. The van der Waals surface area contributed by atoms with Crippen LogP contribution in [0.25, 0.3) is 0 Å². The number of aromatic nitrogens is 2. The summed E-state index contributed by atoms with van der Waals surface area (Å²) < 4.78 is 0. The molecule has 4 nitrogen and oxygen atoms in total. The summed E-state index contributed by atoms with van der Waals surface area (Å²) >= 11 is 0. The third-order valence-electron chi connectivity index (χ3n) is 3.70. The summed E-state index contributed by atoms with van der Waals surface area (Å²) in [4.78, 5) is 8.37. The van der Waals surface area contributed by atoms with Gasteiger partial charge in [0.25, 0.3) is 0 Å². The van der Waals surface area contributed by atoms with Crippen LogP contribution >= 0.6 is 0 Å². The third kappa shape index (κ3) is 3.32. The minimum absolute atomic E-state index is 0.581. The predicted molar refractivity (Wildman–Crippen MR) is 71.2 cm³/mol. The molecule has 2 rings (SSSR count). The maximum absolute atomic E-state index is 4.26. The summed E-state index contributed by atoms with van der Waals surface area (Å²) in [5, 5.41) is 6.54. The smallest absolute Gasteiger partial charge is 0.131 e. The highest BCUT2D eigenvalue weighted by Crippen LogP contribution is 2.28. The molecule has 0 spiro atoms. The minimum Gasteiger partial charge on any atom is -0.373 e. The molecule has 17 heavy (non-hydrogen) atoms. The summed E-state index contributed by atoms with van der Waals surface area (Å²) in [6.45, 7) is 2.29. The van der Waals surface area contributed by atoms with Crippen molar-refractivity contribution < 1.29 is 0 Å². The van der Waals surface area contributed by atoms with Crippen molar-refractivity contribution in [3.63, 3.8) is 0 Å². The number of hydrogen-bond acceptors (Lipinski definition) is 4. The Morgan fingerprint density at radius 3 is 2.53 bits per heavy atom. The standard InChI is InChI=1S/C13H22N4/c1-3-10-4-6-11(7-5-10)17-13-8-12(14-2)15-9-16-13/h8-11H,3-7H2,1-2H3,(H2,14,15,16,17). The Bertz CT molecular complexity index is 345. The van der Waals surface area contributed by atoms with E-state index in [4.69, 9.17) is 0 Å². The number of hydrogen-bond donors (Lipinski definition) is 2. The van der Waals surface area contributed by atoms with Gasteiger partial charge in [0.2, 0.25) is 0 Å². The Kier molecular flexibility index (Phi) is 4.18. The van der Waals surface area contributed by atoms with E-state index in [2.05, 4.69) is 27.5 Å². The van der Waals surface area contributed by atoms with Crippen molar-refractivity contribution >= 4 is 11.6 Å². The molecular formula is C13H22N4. The SMILES string of the molecule is CCC1CCC(Nc2cc(NC)ncn2)CC1. The normalized spacial score (nSPS) is 24.4. The molecular weight excluding hydrogens is 212 g/mol. The molecule has 0 unspecified atom stereocenters. The minimum atomic E-state index is 0.581. The predicted octanol–water partition coefficient (Wildman–Crippen LogP) is 2.90. The molecule has 0 radical (unpaired) electrons. The molecule has 0 bridgehead atoms. The second-order valence-corrected chi connectivity index (χ2v) is 4.81. The average molecular weight is 234 g/mol. The Morgan fingerprint density at radius 1 is 1.18 bits per heavy atom. The van der Waals surface area contributed by atoms with Gasteiger partial charge in [0.05, 0.1) is 0 Å². The highest BCUT2D eigenvalue weighted by atomic mass is 15.1. The Balaban J connectivity index is 1.88. The van der Waals surface area contributed by atoms with Crippen LogP contribution in [-0.2, 0) is 0 Å². The van der Waals surface area contributed by atoms with Crippen LogP contribution in [0.5, 0.6) is 0 Å². The largest absolute Gasteiger partial charge is 0.373 e. The first-order valence-corrected chi connectivity index (χ1v) is 6.58. The van der Waals surface area contributed by atoms with E-state index in [0.717, 1.165) is 17.6 Å². The summed E-state index contributed by atoms with van der Waals surface area (Å²) in [6, 6.07) is 2.55. The van der Waals surface area contributed by atoms with Crippen molar-refractivity contribution in [1.29, 1.82) is 0 Å². The molecule has 0 aromatic carbocycles. The van der Waals surface area contributed by atoms with E-state index in [0.29, 0.717) is 6.04 Å². The zero-order valence-corrected chi connectivity index (χ0v) is 10.7. The van der Waals surface area contributed by atoms with Gasteiger partial charge >= 0.3 is 0 Å². The Hall–Kier alpha value is -1.32. The fourth-order valence-corrected chi connectivity index (χ4v) is 2.50. The topological polar surface area (TPSA) is 49.8 Å². The van der Waals surface area contributed by atoms with Crippen LogP contribution in [0.2, 0.25) is 0 Å². The van der Waals surface area contributed by atoms with Gasteiger partial charge in [-0.25, -0.2) is 9.97 Å². The van der Waals surface area contributed by atoms with E-state index in [-0.39, 0.29) is 0 Å². The lowest BCUT2D eigenvalue weighted by molar-refractivity contribution is 0.330. The quantitative estimate of drug-likeness (QED) is 0.841. The van der Waals surface area contributed by atoms with E-state index in [9.17, 15) is 0 Å². The first-order valence-electron chi connectivity index (χ1n) is 6.58. The molecule has 0 aliphatic heterocycles. The van der Waals surface area contributed by atoms with E-state index in [1.54, 1.807) is 6.33 Å². The van der Waals surface area contributed by atoms with Crippen LogP contribution in [0.3, 0.4) is 0 Å². The van der Waals surface area contributed by atoms with Gasteiger partial charge in [0.1, 0.15) is 18.0 Å². The van der Waals surface area contributed by atoms with Crippen molar-refractivity contribution in [3.8, 4) is 0 Å². The molecule has 94 valence electrons. The second kappa shape index (κ2) is 5.84. The molecule has 4 heteroatoms. The first-order chi connectivity index (χ1) is 8.31. The van der Waals surface area contributed by atoms with Gasteiger partial charge in [-0.3, -0.25) is 0 Å². The maximum atomic E-state index is 4.26. The van der Waals surface area contributed by atoms with Gasteiger partial charge < -0.3 is 10.6 Å². The Labute approximate surface area is 103 Å². The molecule has 1 aromatic heterocycles. The lowest BCUT2D eigenvalue weighted by atomic mass is 9.84. The van der Waals surface area contributed by atoms with Crippen molar-refractivity contribution in [2.45, 2.75) is 45.1 Å². The molecule has 1 aromatic rings. The molecule has 1 aliphatic rings. The van der Waals surface area contributed by atoms with Crippen LogP contribution in [0, 0.1) is 5.92 Å². The molecule has 0 saturated heterocycles. The van der Waals surface area contributed by atoms with Crippen LogP contribution in [-0.4, -0.2) is 23.1 Å². The van der Waals surface area contributed by atoms with Crippen LogP contribution < -0.4 is 10.6 Å². The van der Waals surface area contributed by atoms with Crippen molar-refractivity contribution in [3.05, 3.63) is 12.4 Å². The van der Waals surface area contributed by atoms with E-state index in [1.807, 2.05) is 13.1 Å². The van der Waals surface area contributed by atoms with Crippen molar-refractivity contribution in [2.24, 2.45) is 5.92 Å². The highest BCUT2D eigenvalue weighted by molar-refractivity contribution is 5.46. The monoisotopic (exact) mass is 234 g/mol. The number of nitrogens with zero attached hydrogens (tertiary/aromatic N) is 2. The van der Waals surface area contributed by atoms with E-state index >= 15 is 0 Å². The van der Waals surface area contributed by atoms with Gasteiger partial charge in [-0.05, 0) is 31.6 Å². The number of anilines is 2.